The van der Waals surface area contributed by atoms with Crippen molar-refractivity contribution in [3.05, 3.63) is 34.9 Å². The van der Waals surface area contributed by atoms with E-state index in [1.165, 1.54) is 36.0 Å². The molecule has 0 heterocycles. The molecule has 3 N–H and O–H groups in total. The summed E-state index contributed by atoms with van der Waals surface area (Å²) < 4.78 is 0. The van der Waals surface area contributed by atoms with Crippen molar-refractivity contribution in [1.82, 2.24) is 10.3 Å². The van der Waals surface area contributed by atoms with Crippen LogP contribution in [0.4, 0.5) is 0 Å². The van der Waals surface area contributed by atoms with E-state index in [4.69, 9.17) is 5.84 Å². The molecule has 0 bridgehead atoms. The van der Waals surface area contributed by atoms with Crippen LogP contribution in [0.15, 0.2) is 18.2 Å². The van der Waals surface area contributed by atoms with Gasteiger partial charge in [-0.25, -0.2) is 5.43 Å². The van der Waals surface area contributed by atoms with Crippen molar-refractivity contribution in [2.24, 2.45) is 5.84 Å². The van der Waals surface area contributed by atoms with Crippen molar-refractivity contribution in [1.29, 1.82) is 0 Å². The monoisotopic (exact) mass is 205 g/mol. The summed E-state index contributed by atoms with van der Waals surface area (Å²) in [5, 5.41) is 0. The van der Waals surface area contributed by atoms with Crippen molar-refractivity contribution in [2.45, 2.75) is 25.4 Å². The van der Waals surface area contributed by atoms with Crippen LogP contribution in [0.5, 0.6) is 0 Å². The number of fused-ring (bicyclic) bond motifs is 1. The highest BCUT2D eigenvalue weighted by Gasteiger charge is 2.16. The Morgan fingerprint density at radius 1 is 1.27 bits per heavy atom. The van der Waals surface area contributed by atoms with Gasteiger partial charge in [0, 0.05) is 0 Å². The van der Waals surface area contributed by atoms with E-state index in [9.17, 15) is 0 Å². The summed E-state index contributed by atoms with van der Waals surface area (Å²) >= 11 is 0. The molecule has 1 atom stereocenters. The topological polar surface area (TPSA) is 41.3 Å². The second-order valence-electron chi connectivity index (χ2n) is 4.41. The Hall–Kier alpha value is -0.900. The van der Waals surface area contributed by atoms with Crippen LogP contribution in [0.1, 0.15) is 29.3 Å². The number of hydrogen-bond acceptors (Lipinski definition) is 3. The molecular weight excluding hydrogens is 186 g/mol. The van der Waals surface area contributed by atoms with Gasteiger partial charge < -0.3 is 0 Å². The van der Waals surface area contributed by atoms with Gasteiger partial charge in [0.15, 0.2) is 0 Å². The third-order valence-electron chi connectivity index (χ3n) is 3.11. The SMILES string of the molecule is CN(C)C(NN)c1ccc2c(c1)CCC2. The van der Waals surface area contributed by atoms with Gasteiger partial charge in [0.2, 0.25) is 0 Å². The molecule has 0 radical (unpaired) electrons. The molecule has 3 nitrogen and oxygen atoms in total. The standard InChI is InChI=1S/C12H19N3/c1-15(2)12(14-13)11-7-6-9-4-3-5-10(9)8-11/h6-8,12,14H,3-5,13H2,1-2H3. The summed E-state index contributed by atoms with van der Waals surface area (Å²) in [5.41, 5.74) is 7.09. The summed E-state index contributed by atoms with van der Waals surface area (Å²) in [6.07, 6.45) is 3.85. The van der Waals surface area contributed by atoms with Crippen molar-refractivity contribution < 1.29 is 0 Å². The van der Waals surface area contributed by atoms with Gasteiger partial charge >= 0.3 is 0 Å². The van der Waals surface area contributed by atoms with Crippen LogP contribution < -0.4 is 11.3 Å². The van der Waals surface area contributed by atoms with E-state index in [0.717, 1.165) is 0 Å². The Balaban J connectivity index is 2.28. The van der Waals surface area contributed by atoms with E-state index >= 15 is 0 Å². The third kappa shape index (κ3) is 2.04. The highest BCUT2D eigenvalue weighted by molar-refractivity contribution is 5.36. The normalized spacial score (nSPS) is 16.8. The number of aryl methyl sites for hydroxylation is 2. The highest BCUT2D eigenvalue weighted by Crippen LogP contribution is 2.25. The Labute approximate surface area is 91.2 Å². The summed E-state index contributed by atoms with van der Waals surface area (Å²) in [6, 6.07) is 6.70. The molecular formula is C12H19N3. The maximum absolute atomic E-state index is 5.56. The molecule has 0 saturated carbocycles. The first-order chi connectivity index (χ1) is 7.22. The summed E-state index contributed by atoms with van der Waals surface area (Å²) in [5.74, 6) is 5.56. The van der Waals surface area contributed by atoms with E-state index in [1.54, 1.807) is 0 Å². The molecule has 3 heteroatoms. The molecule has 0 saturated heterocycles. The van der Waals surface area contributed by atoms with Crippen molar-refractivity contribution >= 4 is 0 Å². The van der Waals surface area contributed by atoms with Crippen LogP contribution in [-0.2, 0) is 12.8 Å². The summed E-state index contributed by atoms with van der Waals surface area (Å²) in [7, 11) is 4.05. The summed E-state index contributed by atoms with van der Waals surface area (Å²) in [6.45, 7) is 0. The van der Waals surface area contributed by atoms with Crippen LogP contribution in [0.25, 0.3) is 0 Å². The number of rotatable bonds is 3. The van der Waals surface area contributed by atoms with Crippen LogP contribution in [0, 0.1) is 0 Å². The lowest BCUT2D eigenvalue weighted by Crippen LogP contribution is -2.37. The van der Waals surface area contributed by atoms with Crippen LogP contribution in [0.2, 0.25) is 0 Å². The minimum absolute atomic E-state index is 0.107. The zero-order chi connectivity index (χ0) is 10.8. The molecule has 15 heavy (non-hydrogen) atoms. The fraction of sp³-hybridized carbons (Fsp3) is 0.500. The number of hydrazine groups is 1. The number of hydrogen-bond donors (Lipinski definition) is 2. The number of benzene rings is 1. The average molecular weight is 205 g/mol. The van der Waals surface area contributed by atoms with Gasteiger partial charge in [-0.2, -0.15) is 0 Å². The van der Waals surface area contributed by atoms with E-state index in [-0.39, 0.29) is 6.17 Å². The molecule has 2 rings (SSSR count). The Kier molecular flexibility index (Phi) is 3.05. The third-order valence-corrected chi connectivity index (χ3v) is 3.11. The van der Waals surface area contributed by atoms with Gasteiger partial charge in [-0.05, 0) is 50.0 Å². The number of nitrogens with zero attached hydrogens (tertiary/aromatic N) is 1. The van der Waals surface area contributed by atoms with Crippen LogP contribution in [0.3, 0.4) is 0 Å². The lowest BCUT2D eigenvalue weighted by atomic mass is 10.0. The van der Waals surface area contributed by atoms with E-state index in [0.29, 0.717) is 0 Å². The highest BCUT2D eigenvalue weighted by atomic mass is 15.4. The predicted octanol–water partition coefficient (Wildman–Crippen LogP) is 1.20. The molecule has 0 aromatic heterocycles. The molecule has 1 aromatic carbocycles. The smallest absolute Gasteiger partial charge is 0.0980 e. The first kappa shape index (κ1) is 10.6. The predicted molar refractivity (Wildman–Crippen MR) is 62.2 cm³/mol. The number of nitrogens with one attached hydrogen (secondary N) is 1. The van der Waals surface area contributed by atoms with Crippen molar-refractivity contribution in [3.63, 3.8) is 0 Å². The lowest BCUT2D eigenvalue weighted by molar-refractivity contribution is 0.253. The van der Waals surface area contributed by atoms with Crippen molar-refractivity contribution in [3.8, 4) is 0 Å². The second-order valence-corrected chi connectivity index (χ2v) is 4.41. The van der Waals surface area contributed by atoms with E-state index in [2.05, 4.69) is 28.5 Å². The first-order valence-electron chi connectivity index (χ1n) is 5.46. The molecule has 82 valence electrons. The van der Waals surface area contributed by atoms with Gasteiger partial charge in [-0.3, -0.25) is 10.7 Å². The molecule has 1 aromatic rings. The summed E-state index contributed by atoms with van der Waals surface area (Å²) in [4.78, 5) is 2.08. The maximum atomic E-state index is 5.56. The molecule has 0 spiro atoms. The Morgan fingerprint density at radius 2 is 2.00 bits per heavy atom. The largest absolute Gasteiger partial charge is 0.289 e. The fourth-order valence-electron chi connectivity index (χ4n) is 2.31. The Bertz CT molecular complexity index is 347. The quantitative estimate of drug-likeness (QED) is 0.442. The number of nitrogens with two attached hydrogens (primary N) is 1. The van der Waals surface area contributed by atoms with Gasteiger partial charge in [-0.1, -0.05) is 18.2 Å². The van der Waals surface area contributed by atoms with Gasteiger partial charge in [0.1, 0.15) is 0 Å². The van der Waals surface area contributed by atoms with E-state index in [1.807, 2.05) is 14.1 Å². The van der Waals surface area contributed by atoms with E-state index < -0.39 is 0 Å². The average Bonchev–Trinajstić information content (AvgIpc) is 2.65. The van der Waals surface area contributed by atoms with Crippen LogP contribution in [-0.4, -0.2) is 19.0 Å². The van der Waals surface area contributed by atoms with Crippen molar-refractivity contribution in [2.75, 3.05) is 14.1 Å². The first-order valence-corrected chi connectivity index (χ1v) is 5.46. The molecule has 1 unspecified atom stereocenters. The van der Waals surface area contributed by atoms with Crippen LogP contribution >= 0.6 is 0 Å². The zero-order valence-corrected chi connectivity index (χ0v) is 9.46. The minimum atomic E-state index is 0.107. The molecule has 0 fully saturated rings. The van der Waals surface area contributed by atoms with Gasteiger partial charge in [0.05, 0.1) is 6.17 Å². The fourth-order valence-corrected chi connectivity index (χ4v) is 2.31. The molecule has 0 aliphatic heterocycles. The molecule has 1 aliphatic rings. The molecule has 1 aliphatic carbocycles. The Morgan fingerprint density at radius 3 is 2.67 bits per heavy atom. The maximum Gasteiger partial charge on any atom is 0.0980 e. The minimum Gasteiger partial charge on any atom is -0.289 e. The lowest BCUT2D eigenvalue weighted by Gasteiger charge is -2.24. The van der Waals surface area contributed by atoms with Gasteiger partial charge in [0.25, 0.3) is 0 Å². The second kappa shape index (κ2) is 4.31. The zero-order valence-electron chi connectivity index (χ0n) is 9.46. The molecule has 0 amide bonds. The van der Waals surface area contributed by atoms with Gasteiger partial charge in [-0.15, -0.1) is 0 Å².